The molecule has 0 saturated carbocycles. The summed E-state index contributed by atoms with van der Waals surface area (Å²) in [6.45, 7) is 3.76. The number of rotatable bonds is 7. The van der Waals surface area contributed by atoms with Crippen LogP contribution in [0, 0.1) is 5.92 Å². The molecule has 1 unspecified atom stereocenters. The molecule has 0 radical (unpaired) electrons. The van der Waals surface area contributed by atoms with Crippen LogP contribution in [-0.2, 0) is 16.0 Å². The van der Waals surface area contributed by atoms with E-state index in [0.29, 0.717) is 6.54 Å². The fraction of sp³-hybridized carbons (Fsp3) is 0.312. The zero-order valence-corrected chi connectivity index (χ0v) is 25.0. The van der Waals surface area contributed by atoms with E-state index in [-0.39, 0.29) is 17.9 Å². The normalized spacial score (nSPS) is 17.0. The van der Waals surface area contributed by atoms with E-state index < -0.39 is 18.6 Å². The molecule has 2 aliphatic rings. The maximum absolute atomic E-state index is 13.5. The van der Waals surface area contributed by atoms with Crippen LogP contribution < -0.4 is 5.32 Å². The molecule has 2 atom stereocenters. The summed E-state index contributed by atoms with van der Waals surface area (Å²) in [5.74, 6) is -0.0280. The second-order valence-corrected chi connectivity index (χ2v) is 13.1. The van der Waals surface area contributed by atoms with Crippen LogP contribution in [0.4, 0.5) is 5.69 Å². The van der Waals surface area contributed by atoms with Crippen molar-refractivity contribution in [3.63, 3.8) is 0 Å². The summed E-state index contributed by atoms with van der Waals surface area (Å²) < 4.78 is 2.58. The molecule has 3 aromatic heterocycles. The largest absolute Gasteiger partial charge is 0.387 e. The minimum atomic E-state index is -0.692. The van der Waals surface area contributed by atoms with Gasteiger partial charge in [0, 0.05) is 41.1 Å². The monoisotopic (exact) mass is 597 g/mol. The van der Waals surface area contributed by atoms with Gasteiger partial charge in [-0.3, -0.25) is 14.6 Å². The van der Waals surface area contributed by atoms with E-state index in [1.165, 1.54) is 31.7 Å². The van der Waals surface area contributed by atoms with Gasteiger partial charge in [-0.1, -0.05) is 26.0 Å². The number of hydrogen-bond acceptors (Lipinski definition) is 7. The first-order chi connectivity index (χ1) is 20.4. The minimum absolute atomic E-state index is 0.107. The maximum Gasteiger partial charge on any atom is 0.246 e. The molecule has 214 valence electrons. The van der Waals surface area contributed by atoms with Crippen LogP contribution in [0.3, 0.4) is 0 Å². The summed E-state index contributed by atoms with van der Waals surface area (Å²) in [6, 6.07) is 12.0. The summed E-state index contributed by atoms with van der Waals surface area (Å²) in [6.07, 6.45) is 4.53. The number of imidazole rings is 1. The molecule has 0 bridgehead atoms. The number of carbonyl (C=O) groups is 2. The molecular formula is C32H31N5O3S2. The lowest BCUT2D eigenvalue weighted by molar-refractivity contribution is -0.139. The average molecular weight is 598 g/mol. The number of aromatic amines is 1. The smallest absolute Gasteiger partial charge is 0.246 e. The molecule has 3 N–H and O–H groups in total. The first kappa shape index (κ1) is 27.0. The number of nitrogens with one attached hydrogen (secondary N) is 2. The zero-order valence-electron chi connectivity index (χ0n) is 23.4. The van der Waals surface area contributed by atoms with Crippen LogP contribution in [0.1, 0.15) is 44.1 Å². The molecule has 5 aromatic rings. The van der Waals surface area contributed by atoms with E-state index in [1.54, 1.807) is 22.7 Å². The van der Waals surface area contributed by atoms with Gasteiger partial charge in [-0.2, -0.15) is 0 Å². The Morgan fingerprint density at radius 1 is 1.10 bits per heavy atom. The van der Waals surface area contributed by atoms with Crippen molar-refractivity contribution in [3.8, 4) is 22.3 Å². The minimum Gasteiger partial charge on any atom is -0.387 e. The van der Waals surface area contributed by atoms with Crippen molar-refractivity contribution in [2.24, 2.45) is 10.9 Å². The van der Waals surface area contributed by atoms with Crippen LogP contribution >= 0.6 is 22.7 Å². The van der Waals surface area contributed by atoms with Crippen LogP contribution in [0.25, 0.3) is 42.7 Å². The first-order valence-corrected chi connectivity index (χ1v) is 16.0. The summed E-state index contributed by atoms with van der Waals surface area (Å²) in [7, 11) is 0. The maximum atomic E-state index is 13.5. The average Bonchev–Trinajstić information content (AvgIpc) is 3.81. The number of thiophene rings is 2. The van der Waals surface area contributed by atoms with Gasteiger partial charge in [0.1, 0.15) is 18.5 Å². The Morgan fingerprint density at radius 2 is 1.83 bits per heavy atom. The lowest BCUT2D eigenvalue weighted by Crippen LogP contribution is -2.51. The third-order valence-electron chi connectivity index (χ3n) is 8.27. The lowest BCUT2D eigenvalue weighted by Gasteiger charge is -2.30. The fourth-order valence-corrected chi connectivity index (χ4v) is 8.54. The highest BCUT2D eigenvalue weighted by Crippen LogP contribution is 2.45. The number of benzene rings is 2. The van der Waals surface area contributed by atoms with Gasteiger partial charge in [-0.15, -0.1) is 22.7 Å². The third kappa shape index (κ3) is 4.63. The number of aliphatic hydroxyl groups excluding tert-OH is 1. The number of likely N-dealkylation sites (tertiary alicyclic amines) is 1. The van der Waals surface area contributed by atoms with Crippen molar-refractivity contribution in [1.82, 2.24) is 20.2 Å². The van der Waals surface area contributed by atoms with Crippen molar-refractivity contribution in [1.29, 1.82) is 0 Å². The van der Waals surface area contributed by atoms with Crippen molar-refractivity contribution in [2.45, 2.75) is 45.2 Å². The summed E-state index contributed by atoms with van der Waals surface area (Å²) in [5, 5.41) is 16.4. The number of carbonyl (C=O) groups excluding carboxylic acids is 2. The van der Waals surface area contributed by atoms with Gasteiger partial charge in [0.25, 0.3) is 0 Å². The van der Waals surface area contributed by atoms with Crippen LogP contribution in [0.2, 0.25) is 0 Å². The third-order valence-corrected chi connectivity index (χ3v) is 10.4. The number of aliphatic imine (C=N–C) groups is 1. The predicted molar refractivity (Wildman–Crippen MR) is 170 cm³/mol. The summed E-state index contributed by atoms with van der Waals surface area (Å²) in [4.78, 5) is 40.1. The van der Waals surface area contributed by atoms with E-state index in [2.05, 4.69) is 56.4 Å². The molecule has 1 fully saturated rings. The predicted octanol–water partition coefficient (Wildman–Crippen LogP) is 6.23. The molecule has 2 aromatic carbocycles. The van der Waals surface area contributed by atoms with Gasteiger partial charge in [0.05, 0.1) is 32.2 Å². The van der Waals surface area contributed by atoms with Crippen LogP contribution in [0.5, 0.6) is 0 Å². The number of H-pyrrole nitrogens is 1. The Hall–Kier alpha value is -3.86. The molecule has 2 aliphatic heterocycles. The van der Waals surface area contributed by atoms with Crippen molar-refractivity contribution in [2.75, 3.05) is 13.2 Å². The molecule has 0 aliphatic carbocycles. The van der Waals surface area contributed by atoms with Gasteiger partial charge in [-0.05, 0) is 59.7 Å². The van der Waals surface area contributed by atoms with Crippen molar-refractivity contribution < 1.29 is 14.7 Å². The first-order valence-electron chi connectivity index (χ1n) is 14.3. The number of aromatic nitrogens is 2. The van der Waals surface area contributed by atoms with Gasteiger partial charge in [0.15, 0.2) is 0 Å². The van der Waals surface area contributed by atoms with Crippen molar-refractivity contribution >= 4 is 66.8 Å². The molecule has 1 saturated heterocycles. The number of aliphatic hydroxyl groups is 1. The summed E-state index contributed by atoms with van der Waals surface area (Å²) >= 11 is 3.56. The van der Waals surface area contributed by atoms with E-state index >= 15 is 0 Å². The molecule has 5 heterocycles. The molecular weight excluding hydrogens is 567 g/mol. The quantitative estimate of drug-likeness (QED) is 0.207. The van der Waals surface area contributed by atoms with Crippen LogP contribution in [-0.4, -0.2) is 57.2 Å². The Balaban J connectivity index is 1.17. The van der Waals surface area contributed by atoms with Gasteiger partial charge >= 0.3 is 0 Å². The van der Waals surface area contributed by atoms with E-state index in [4.69, 9.17) is 4.98 Å². The van der Waals surface area contributed by atoms with Gasteiger partial charge in [0.2, 0.25) is 11.8 Å². The molecule has 10 heteroatoms. The Morgan fingerprint density at radius 3 is 2.57 bits per heavy atom. The molecule has 8 nitrogen and oxygen atoms in total. The van der Waals surface area contributed by atoms with Gasteiger partial charge < -0.3 is 20.3 Å². The lowest BCUT2D eigenvalue weighted by atomic mass is 10.0. The molecule has 2 amide bonds. The number of fused-ring (bicyclic) bond motifs is 3. The highest BCUT2D eigenvalue weighted by Gasteiger charge is 2.37. The molecule has 42 heavy (non-hydrogen) atoms. The topological polar surface area (TPSA) is 111 Å². The van der Waals surface area contributed by atoms with Crippen molar-refractivity contribution in [3.05, 3.63) is 58.5 Å². The summed E-state index contributed by atoms with van der Waals surface area (Å²) in [5.41, 5.74) is 9.00. The second-order valence-electron chi connectivity index (χ2n) is 11.3. The second kappa shape index (κ2) is 10.8. The number of nitrogens with zero attached hydrogens (tertiary/aromatic N) is 3. The van der Waals surface area contributed by atoms with Gasteiger partial charge in [-0.25, -0.2) is 4.98 Å². The number of hydrogen-bond donors (Lipinski definition) is 3. The molecule has 7 rings (SSSR count). The molecule has 0 spiro atoms. The van der Waals surface area contributed by atoms with E-state index in [9.17, 15) is 14.7 Å². The highest BCUT2D eigenvalue weighted by atomic mass is 32.1. The Labute approximate surface area is 251 Å². The standard InChI is InChI=1S/C32H31N5O3S2/c1-17(2)28(36-27(39)14-38)32(40)37-11-3-4-26(37)31-34-24-8-6-19(13-25(24)35-31)22-16-42-29-21(15-41-30(22)29)18-5-7-23-20(12-18)9-10-33-23/h5-8,10,12-13,15-17,26,28,38H,3-4,9,11,14H2,1-2H3,(H,34,35)(H,36,39)/t26?,28-/m1/s1. The van der Waals surface area contributed by atoms with E-state index in [1.807, 2.05) is 31.0 Å². The SMILES string of the molecule is CC(C)[C@@H](NC(=O)CO)C(=O)N1CCCC1c1nc2ccc(-c3csc4c(-c5ccc6c(c5)CC=N6)csc34)cc2[nH]1. The fourth-order valence-electron chi connectivity index (χ4n) is 6.09. The Kier molecular flexibility index (Phi) is 6.92. The van der Waals surface area contributed by atoms with E-state index in [0.717, 1.165) is 47.4 Å². The Bertz CT molecular complexity index is 1870. The zero-order chi connectivity index (χ0) is 29.0. The number of amides is 2. The van der Waals surface area contributed by atoms with Crippen LogP contribution in [0.15, 0.2) is 52.2 Å². The highest BCUT2D eigenvalue weighted by molar-refractivity contribution is 7.27.